The summed E-state index contributed by atoms with van der Waals surface area (Å²) in [5.41, 5.74) is 7.60. The van der Waals surface area contributed by atoms with E-state index in [2.05, 4.69) is 0 Å². The standard InChI is InChI=1S/C15H15ClFNO2/c1-19-14-5-9(8-18)12(7-15(14)20-2)11-4-3-10(16)6-13(11)17/h3-7H,8,18H2,1-2H3. The zero-order valence-corrected chi connectivity index (χ0v) is 12.0. The fraction of sp³-hybridized carbons (Fsp3) is 0.200. The molecule has 106 valence electrons. The van der Waals surface area contributed by atoms with E-state index in [1.54, 1.807) is 31.4 Å². The summed E-state index contributed by atoms with van der Waals surface area (Å²) < 4.78 is 24.5. The average Bonchev–Trinajstić information content (AvgIpc) is 2.46. The van der Waals surface area contributed by atoms with Crippen LogP contribution < -0.4 is 15.2 Å². The van der Waals surface area contributed by atoms with Crippen molar-refractivity contribution in [3.63, 3.8) is 0 Å². The Kier molecular flexibility index (Phi) is 4.47. The van der Waals surface area contributed by atoms with Crippen LogP contribution in [-0.4, -0.2) is 14.2 Å². The molecule has 2 N–H and O–H groups in total. The second kappa shape index (κ2) is 6.11. The highest BCUT2D eigenvalue weighted by Gasteiger charge is 2.14. The van der Waals surface area contributed by atoms with Crippen molar-refractivity contribution in [3.8, 4) is 22.6 Å². The lowest BCUT2D eigenvalue weighted by Crippen LogP contribution is -2.02. The second-order valence-electron chi connectivity index (χ2n) is 4.19. The van der Waals surface area contributed by atoms with Crippen LogP contribution in [0.3, 0.4) is 0 Å². The Morgan fingerprint density at radius 1 is 1.05 bits per heavy atom. The van der Waals surface area contributed by atoms with Crippen molar-refractivity contribution in [2.45, 2.75) is 6.54 Å². The first kappa shape index (κ1) is 14.6. The Morgan fingerprint density at radius 3 is 2.25 bits per heavy atom. The molecule has 0 heterocycles. The van der Waals surface area contributed by atoms with E-state index in [0.717, 1.165) is 5.56 Å². The molecule has 0 aromatic heterocycles. The van der Waals surface area contributed by atoms with E-state index in [9.17, 15) is 4.39 Å². The molecule has 3 nitrogen and oxygen atoms in total. The van der Waals surface area contributed by atoms with Gasteiger partial charge < -0.3 is 15.2 Å². The minimum absolute atomic E-state index is 0.262. The minimum Gasteiger partial charge on any atom is -0.493 e. The first-order chi connectivity index (χ1) is 9.60. The highest BCUT2D eigenvalue weighted by atomic mass is 35.5. The predicted octanol–water partition coefficient (Wildman–Crippen LogP) is 3.62. The summed E-state index contributed by atoms with van der Waals surface area (Å²) >= 11 is 5.77. The molecule has 0 bridgehead atoms. The van der Waals surface area contributed by atoms with Crippen molar-refractivity contribution in [1.29, 1.82) is 0 Å². The molecule has 2 aromatic rings. The summed E-state index contributed by atoms with van der Waals surface area (Å²) in [6, 6.07) is 8.00. The number of ether oxygens (including phenoxy) is 2. The SMILES string of the molecule is COc1cc(CN)c(-c2ccc(Cl)cc2F)cc1OC. The molecule has 2 rings (SSSR count). The molecule has 0 spiro atoms. The number of hydrogen-bond acceptors (Lipinski definition) is 3. The van der Waals surface area contributed by atoms with Crippen LogP contribution in [0.5, 0.6) is 11.5 Å². The van der Waals surface area contributed by atoms with Gasteiger partial charge in [-0.05, 0) is 41.5 Å². The lowest BCUT2D eigenvalue weighted by Gasteiger charge is -2.14. The Balaban J connectivity index is 2.65. The normalized spacial score (nSPS) is 10.4. The molecule has 0 atom stereocenters. The molecular formula is C15H15ClFNO2. The molecule has 20 heavy (non-hydrogen) atoms. The molecular weight excluding hydrogens is 281 g/mol. The van der Waals surface area contributed by atoms with Crippen molar-refractivity contribution >= 4 is 11.6 Å². The molecule has 0 saturated heterocycles. The van der Waals surface area contributed by atoms with Crippen molar-refractivity contribution in [3.05, 3.63) is 46.7 Å². The molecule has 0 radical (unpaired) electrons. The van der Waals surface area contributed by atoms with Crippen LogP contribution >= 0.6 is 11.6 Å². The molecule has 0 fully saturated rings. The third kappa shape index (κ3) is 2.71. The van der Waals surface area contributed by atoms with Crippen molar-refractivity contribution in [2.24, 2.45) is 5.73 Å². The van der Waals surface area contributed by atoms with Gasteiger partial charge in [0.15, 0.2) is 11.5 Å². The number of nitrogens with two attached hydrogens (primary N) is 1. The highest BCUT2D eigenvalue weighted by Crippen LogP contribution is 2.37. The van der Waals surface area contributed by atoms with Crippen molar-refractivity contribution in [2.75, 3.05) is 14.2 Å². The van der Waals surface area contributed by atoms with E-state index < -0.39 is 5.82 Å². The summed E-state index contributed by atoms with van der Waals surface area (Å²) in [5, 5.41) is 0.348. The van der Waals surface area contributed by atoms with Crippen LogP contribution in [0.2, 0.25) is 5.02 Å². The van der Waals surface area contributed by atoms with Gasteiger partial charge in [0.1, 0.15) is 5.82 Å². The first-order valence-corrected chi connectivity index (χ1v) is 6.39. The van der Waals surface area contributed by atoms with Crippen LogP contribution in [0.25, 0.3) is 11.1 Å². The van der Waals surface area contributed by atoms with E-state index in [0.29, 0.717) is 27.6 Å². The number of methoxy groups -OCH3 is 2. The zero-order chi connectivity index (χ0) is 14.7. The van der Waals surface area contributed by atoms with Gasteiger partial charge in [-0.15, -0.1) is 0 Å². The molecule has 0 saturated carbocycles. The van der Waals surface area contributed by atoms with Crippen molar-refractivity contribution < 1.29 is 13.9 Å². The number of benzene rings is 2. The predicted molar refractivity (Wildman–Crippen MR) is 77.8 cm³/mol. The van der Waals surface area contributed by atoms with E-state index in [-0.39, 0.29) is 6.54 Å². The highest BCUT2D eigenvalue weighted by molar-refractivity contribution is 6.30. The van der Waals surface area contributed by atoms with Crippen molar-refractivity contribution in [1.82, 2.24) is 0 Å². The fourth-order valence-electron chi connectivity index (χ4n) is 2.05. The maximum Gasteiger partial charge on any atom is 0.161 e. The summed E-state index contributed by atoms with van der Waals surface area (Å²) in [6.45, 7) is 0.262. The zero-order valence-electron chi connectivity index (χ0n) is 11.2. The van der Waals surface area contributed by atoms with Gasteiger partial charge in [0.25, 0.3) is 0 Å². The molecule has 5 heteroatoms. The summed E-state index contributed by atoms with van der Waals surface area (Å²) in [4.78, 5) is 0. The topological polar surface area (TPSA) is 44.5 Å². The monoisotopic (exact) mass is 295 g/mol. The number of halogens is 2. The maximum absolute atomic E-state index is 14.1. The van der Waals surface area contributed by atoms with Crippen LogP contribution in [0.15, 0.2) is 30.3 Å². The fourth-order valence-corrected chi connectivity index (χ4v) is 2.21. The Labute approximate surface area is 122 Å². The molecule has 0 aliphatic carbocycles. The number of hydrogen-bond donors (Lipinski definition) is 1. The molecule has 0 unspecified atom stereocenters. The van der Waals surface area contributed by atoms with Gasteiger partial charge in [-0.2, -0.15) is 0 Å². The van der Waals surface area contributed by atoms with Gasteiger partial charge in [0.05, 0.1) is 14.2 Å². The summed E-state index contributed by atoms with van der Waals surface area (Å²) in [5.74, 6) is 0.680. The Morgan fingerprint density at radius 2 is 1.70 bits per heavy atom. The van der Waals surface area contributed by atoms with Gasteiger partial charge in [0, 0.05) is 17.1 Å². The Bertz CT molecular complexity index is 632. The van der Waals surface area contributed by atoms with Crippen LogP contribution in [0.1, 0.15) is 5.56 Å². The lowest BCUT2D eigenvalue weighted by molar-refractivity contribution is 0.354. The van der Waals surface area contributed by atoms with Gasteiger partial charge in [-0.1, -0.05) is 11.6 Å². The van der Waals surface area contributed by atoms with Gasteiger partial charge in [-0.3, -0.25) is 0 Å². The third-order valence-corrected chi connectivity index (χ3v) is 3.29. The van der Waals surface area contributed by atoms with E-state index in [1.165, 1.54) is 13.2 Å². The van der Waals surface area contributed by atoms with Crippen LogP contribution in [-0.2, 0) is 6.54 Å². The lowest BCUT2D eigenvalue weighted by atomic mass is 9.98. The van der Waals surface area contributed by atoms with Crippen LogP contribution in [0, 0.1) is 5.82 Å². The number of rotatable bonds is 4. The minimum atomic E-state index is -0.403. The van der Waals surface area contributed by atoms with Gasteiger partial charge in [-0.25, -0.2) is 4.39 Å². The third-order valence-electron chi connectivity index (χ3n) is 3.05. The average molecular weight is 296 g/mol. The van der Waals surface area contributed by atoms with E-state index in [4.69, 9.17) is 26.8 Å². The van der Waals surface area contributed by atoms with E-state index in [1.807, 2.05) is 0 Å². The molecule has 0 aliphatic heterocycles. The van der Waals surface area contributed by atoms with Gasteiger partial charge >= 0.3 is 0 Å². The van der Waals surface area contributed by atoms with E-state index >= 15 is 0 Å². The summed E-state index contributed by atoms with van der Waals surface area (Å²) in [6.07, 6.45) is 0. The Hall–Kier alpha value is -1.78. The molecule has 2 aromatic carbocycles. The smallest absolute Gasteiger partial charge is 0.161 e. The second-order valence-corrected chi connectivity index (χ2v) is 4.63. The maximum atomic E-state index is 14.1. The molecule has 0 aliphatic rings. The quantitative estimate of drug-likeness (QED) is 0.937. The van der Waals surface area contributed by atoms with Crippen LogP contribution in [0.4, 0.5) is 4.39 Å². The first-order valence-electron chi connectivity index (χ1n) is 6.01. The van der Waals surface area contributed by atoms with Gasteiger partial charge in [0.2, 0.25) is 0 Å². The summed E-state index contributed by atoms with van der Waals surface area (Å²) in [7, 11) is 3.07. The molecule has 0 amide bonds. The largest absolute Gasteiger partial charge is 0.493 e.